The molecule has 1 aromatic rings. The molecule has 2 heteroatoms. The lowest BCUT2D eigenvalue weighted by atomic mass is 10.1. The molecule has 2 nitrogen and oxygen atoms in total. The van der Waals surface area contributed by atoms with Crippen LogP contribution in [0.2, 0.25) is 0 Å². The second-order valence-electron chi connectivity index (χ2n) is 6.51. The van der Waals surface area contributed by atoms with Crippen molar-refractivity contribution < 1.29 is 0 Å². The van der Waals surface area contributed by atoms with Gasteiger partial charge in [0.25, 0.3) is 0 Å². The van der Waals surface area contributed by atoms with Gasteiger partial charge in [0.05, 0.1) is 0 Å². The molecule has 0 bridgehead atoms. The molecule has 1 aliphatic heterocycles. The number of rotatable bonds is 8. The van der Waals surface area contributed by atoms with Gasteiger partial charge in [0.15, 0.2) is 0 Å². The largest absolute Gasteiger partial charge is 0.313 e. The maximum absolute atomic E-state index is 3.72. The van der Waals surface area contributed by atoms with Gasteiger partial charge in [0.2, 0.25) is 0 Å². The van der Waals surface area contributed by atoms with E-state index in [1.807, 2.05) is 0 Å². The van der Waals surface area contributed by atoms with Gasteiger partial charge in [0, 0.05) is 19.1 Å². The molecule has 0 amide bonds. The van der Waals surface area contributed by atoms with Crippen LogP contribution >= 0.6 is 0 Å². The fraction of sp³-hybridized carbons (Fsp3) is 0.667. The van der Waals surface area contributed by atoms with Gasteiger partial charge < -0.3 is 10.2 Å². The Morgan fingerprint density at radius 1 is 1.25 bits per heavy atom. The quantitative estimate of drug-likeness (QED) is 0.732. The summed E-state index contributed by atoms with van der Waals surface area (Å²) in [6, 6.07) is 11.6. The monoisotopic (exact) mass is 274 g/mol. The molecule has 1 fully saturated rings. The van der Waals surface area contributed by atoms with E-state index in [-0.39, 0.29) is 0 Å². The number of likely N-dealkylation sites (tertiary alicyclic amines) is 1. The zero-order chi connectivity index (χ0) is 14.2. The normalized spacial score (nSPS) is 19.9. The van der Waals surface area contributed by atoms with E-state index in [4.69, 9.17) is 0 Å². The topological polar surface area (TPSA) is 15.3 Å². The van der Waals surface area contributed by atoms with Crippen LogP contribution in [-0.2, 0) is 6.42 Å². The molecule has 1 heterocycles. The van der Waals surface area contributed by atoms with Gasteiger partial charge in [-0.1, -0.05) is 44.2 Å². The maximum atomic E-state index is 3.72. The molecular weight excluding hydrogens is 244 g/mol. The number of benzene rings is 1. The van der Waals surface area contributed by atoms with Crippen LogP contribution in [0.5, 0.6) is 0 Å². The zero-order valence-corrected chi connectivity index (χ0v) is 13.1. The standard InChI is InChI=1S/C18H30N2/c1-16(2)7-6-12-19-18-11-14-20(15-18)13-10-17-8-4-3-5-9-17/h3-5,8-9,16,18-19H,6-7,10-15H2,1-2H3. The summed E-state index contributed by atoms with van der Waals surface area (Å²) in [6.45, 7) is 9.49. The molecule has 1 aromatic carbocycles. The van der Waals surface area contributed by atoms with E-state index in [0.29, 0.717) is 0 Å². The van der Waals surface area contributed by atoms with Crippen LogP contribution in [-0.4, -0.2) is 37.1 Å². The van der Waals surface area contributed by atoms with Crippen LogP contribution in [0, 0.1) is 5.92 Å². The molecule has 112 valence electrons. The first-order valence-electron chi connectivity index (χ1n) is 8.23. The molecule has 1 N–H and O–H groups in total. The Morgan fingerprint density at radius 3 is 2.80 bits per heavy atom. The SMILES string of the molecule is CC(C)CCCNC1CCN(CCc2ccccc2)C1. The lowest BCUT2D eigenvalue weighted by molar-refractivity contribution is 0.331. The van der Waals surface area contributed by atoms with Gasteiger partial charge in [-0.3, -0.25) is 0 Å². The second kappa shape index (κ2) is 8.43. The highest BCUT2D eigenvalue weighted by Gasteiger charge is 2.21. The van der Waals surface area contributed by atoms with Gasteiger partial charge in [-0.2, -0.15) is 0 Å². The average Bonchev–Trinajstić information content (AvgIpc) is 2.90. The molecule has 1 atom stereocenters. The third-order valence-corrected chi connectivity index (χ3v) is 4.22. The minimum Gasteiger partial charge on any atom is -0.313 e. The van der Waals surface area contributed by atoms with Crippen molar-refractivity contribution in [3.8, 4) is 0 Å². The maximum Gasteiger partial charge on any atom is 0.0207 e. The second-order valence-corrected chi connectivity index (χ2v) is 6.51. The smallest absolute Gasteiger partial charge is 0.0207 e. The van der Waals surface area contributed by atoms with E-state index in [9.17, 15) is 0 Å². The molecule has 2 rings (SSSR count). The molecule has 0 aliphatic carbocycles. The predicted molar refractivity (Wildman–Crippen MR) is 87.1 cm³/mol. The Labute approximate surface area is 124 Å². The third-order valence-electron chi connectivity index (χ3n) is 4.22. The molecule has 0 aromatic heterocycles. The Hall–Kier alpha value is -0.860. The van der Waals surface area contributed by atoms with Crippen molar-refractivity contribution in [3.63, 3.8) is 0 Å². The summed E-state index contributed by atoms with van der Waals surface area (Å²) in [6.07, 6.45) is 5.16. The van der Waals surface area contributed by atoms with E-state index in [1.54, 1.807) is 0 Å². The van der Waals surface area contributed by atoms with Crippen molar-refractivity contribution in [3.05, 3.63) is 35.9 Å². The summed E-state index contributed by atoms with van der Waals surface area (Å²) >= 11 is 0. The highest BCUT2D eigenvalue weighted by atomic mass is 15.2. The van der Waals surface area contributed by atoms with Crippen molar-refractivity contribution in [2.45, 2.75) is 45.6 Å². The van der Waals surface area contributed by atoms with Crippen molar-refractivity contribution in [2.24, 2.45) is 5.92 Å². The lowest BCUT2D eigenvalue weighted by Crippen LogP contribution is -2.33. The van der Waals surface area contributed by atoms with E-state index in [1.165, 1.54) is 57.4 Å². The first kappa shape index (κ1) is 15.5. The van der Waals surface area contributed by atoms with Gasteiger partial charge in [-0.15, -0.1) is 0 Å². The zero-order valence-electron chi connectivity index (χ0n) is 13.1. The Bertz CT molecular complexity index is 361. The highest BCUT2D eigenvalue weighted by molar-refractivity contribution is 5.14. The van der Waals surface area contributed by atoms with Crippen LogP contribution in [0.3, 0.4) is 0 Å². The summed E-state index contributed by atoms with van der Waals surface area (Å²) < 4.78 is 0. The van der Waals surface area contributed by atoms with E-state index < -0.39 is 0 Å². The lowest BCUT2D eigenvalue weighted by Gasteiger charge is -2.17. The fourth-order valence-corrected chi connectivity index (χ4v) is 2.95. The Morgan fingerprint density at radius 2 is 2.05 bits per heavy atom. The van der Waals surface area contributed by atoms with Crippen LogP contribution < -0.4 is 5.32 Å². The van der Waals surface area contributed by atoms with Crippen LogP contribution in [0.15, 0.2) is 30.3 Å². The van der Waals surface area contributed by atoms with Gasteiger partial charge in [-0.05, 0) is 50.3 Å². The van der Waals surface area contributed by atoms with Gasteiger partial charge >= 0.3 is 0 Å². The summed E-state index contributed by atoms with van der Waals surface area (Å²) in [4.78, 5) is 2.60. The number of hydrogen-bond donors (Lipinski definition) is 1. The molecule has 1 unspecified atom stereocenters. The van der Waals surface area contributed by atoms with Crippen LogP contribution in [0.4, 0.5) is 0 Å². The van der Waals surface area contributed by atoms with E-state index >= 15 is 0 Å². The molecule has 0 spiro atoms. The summed E-state index contributed by atoms with van der Waals surface area (Å²) in [5.41, 5.74) is 1.46. The van der Waals surface area contributed by atoms with Crippen LogP contribution in [0.1, 0.15) is 38.7 Å². The van der Waals surface area contributed by atoms with Gasteiger partial charge in [0.1, 0.15) is 0 Å². The number of hydrogen-bond acceptors (Lipinski definition) is 2. The summed E-state index contributed by atoms with van der Waals surface area (Å²) in [5, 5.41) is 3.72. The van der Waals surface area contributed by atoms with E-state index in [2.05, 4.69) is 54.4 Å². The van der Waals surface area contributed by atoms with Crippen LogP contribution in [0.25, 0.3) is 0 Å². The van der Waals surface area contributed by atoms with Crippen molar-refractivity contribution in [1.82, 2.24) is 10.2 Å². The molecular formula is C18H30N2. The van der Waals surface area contributed by atoms with Crippen molar-refractivity contribution in [2.75, 3.05) is 26.2 Å². The molecule has 1 saturated heterocycles. The summed E-state index contributed by atoms with van der Waals surface area (Å²) in [7, 11) is 0. The minimum absolute atomic E-state index is 0.720. The predicted octanol–water partition coefficient (Wildman–Crippen LogP) is 3.33. The first-order chi connectivity index (χ1) is 9.74. The number of nitrogens with zero attached hydrogens (tertiary/aromatic N) is 1. The highest BCUT2D eigenvalue weighted by Crippen LogP contribution is 2.11. The molecule has 0 radical (unpaired) electrons. The molecule has 0 saturated carbocycles. The van der Waals surface area contributed by atoms with Crippen molar-refractivity contribution in [1.29, 1.82) is 0 Å². The molecule has 1 aliphatic rings. The Kier molecular flexibility index (Phi) is 6.55. The fourth-order valence-electron chi connectivity index (χ4n) is 2.95. The minimum atomic E-state index is 0.720. The number of nitrogens with one attached hydrogen (secondary N) is 1. The average molecular weight is 274 g/mol. The van der Waals surface area contributed by atoms with Crippen molar-refractivity contribution >= 4 is 0 Å². The Balaban J connectivity index is 1.58. The third kappa shape index (κ3) is 5.64. The van der Waals surface area contributed by atoms with Gasteiger partial charge in [-0.25, -0.2) is 0 Å². The first-order valence-corrected chi connectivity index (χ1v) is 8.23. The summed E-state index contributed by atoms with van der Waals surface area (Å²) in [5.74, 6) is 0.836. The molecule has 20 heavy (non-hydrogen) atoms. The van der Waals surface area contributed by atoms with E-state index in [0.717, 1.165) is 12.0 Å².